The summed E-state index contributed by atoms with van der Waals surface area (Å²) in [6, 6.07) is 8.62. The first-order chi connectivity index (χ1) is 6.42. The van der Waals surface area contributed by atoms with Gasteiger partial charge in [0.15, 0.2) is 0 Å². The molecule has 0 bridgehead atoms. The molecule has 0 N–H and O–H groups in total. The van der Waals surface area contributed by atoms with Crippen LogP contribution in [0.2, 0.25) is 0 Å². The number of rotatable bonds is 3. The number of hydrogen-bond acceptors (Lipinski definition) is 0. The maximum Gasteiger partial charge on any atom is 0 e. The molecule has 0 heterocycles. The third-order valence-electron chi connectivity index (χ3n) is 2.66. The van der Waals surface area contributed by atoms with Gasteiger partial charge in [-0.25, -0.2) is 6.08 Å². The first-order valence-electron chi connectivity index (χ1n) is 5.10. The first-order valence-corrected chi connectivity index (χ1v) is 5.10. The predicted molar refractivity (Wildman–Crippen MR) is 56.4 cm³/mol. The molecule has 0 saturated heterocycles. The van der Waals surface area contributed by atoms with Gasteiger partial charge >= 0.3 is 0 Å². The fraction of sp³-hybridized carbons (Fsp3) is 0.385. The van der Waals surface area contributed by atoms with Crippen LogP contribution in [0.25, 0.3) is 6.08 Å². The molecule has 14 heavy (non-hydrogen) atoms. The zero-order valence-corrected chi connectivity index (χ0v) is 12.2. The number of allylic oxidation sites excluding steroid dienone is 1. The van der Waals surface area contributed by atoms with Gasteiger partial charge in [-0.05, 0) is 0 Å². The Morgan fingerprint density at radius 2 is 2.07 bits per heavy atom. The van der Waals surface area contributed by atoms with Crippen molar-refractivity contribution in [1.82, 2.24) is 0 Å². The van der Waals surface area contributed by atoms with Crippen molar-refractivity contribution in [2.45, 2.75) is 32.1 Å². The summed E-state index contributed by atoms with van der Waals surface area (Å²) in [6.45, 7) is 2.24. The van der Waals surface area contributed by atoms with E-state index in [0.717, 1.165) is 0 Å². The van der Waals surface area contributed by atoms with Gasteiger partial charge < -0.3 is 0 Å². The molecule has 0 saturated carbocycles. The molecular weight excluding hydrogens is 335 g/mol. The molecule has 2 rings (SSSR count). The van der Waals surface area contributed by atoms with Gasteiger partial charge in [-0.2, -0.15) is 5.56 Å². The molecule has 1 aliphatic carbocycles. The second kappa shape index (κ2) is 5.65. The zero-order chi connectivity index (χ0) is 9.10. The van der Waals surface area contributed by atoms with Crippen LogP contribution >= 0.6 is 0 Å². The minimum absolute atomic E-state index is 0. The van der Waals surface area contributed by atoms with Crippen molar-refractivity contribution >= 4 is 6.08 Å². The van der Waals surface area contributed by atoms with E-state index in [4.69, 9.17) is 0 Å². The summed E-state index contributed by atoms with van der Waals surface area (Å²) in [6.07, 6.45) is 9.40. The first kappa shape index (κ1) is 11.9. The van der Waals surface area contributed by atoms with Crippen molar-refractivity contribution in [3.05, 3.63) is 41.5 Å². The molecule has 72 valence electrons. The molecule has 1 aromatic carbocycles. The van der Waals surface area contributed by atoms with Crippen molar-refractivity contribution in [3.63, 3.8) is 0 Å². The van der Waals surface area contributed by atoms with E-state index >= 15 is 0 Å². The predicted octanol–water partition coefficient (Wildman–Crippen LogP) is 3.79. The molecule has 0 aliphatic heterocycles. The third kappa shape index (κ3) is 2.44. The number of fused-ring (bicyclic) bond motifs is 1. The maximum atomic E-state index is 3.43. The largest absolute Gasteiger partial charge is 0.268 e. The average molecular weight is 350 g/mol. The van der Waals surface area contributed by atoms with Crippen LogP contribution < -0.4 is 0 Å². The smallest absolute Gasteiger partial charge is 0 e. The Bertz CT molecular complexity index is 315. The Morgan fingerprint density at radius 1 is 1.29 bits per heavy atom. The molecule has 1 aliphatic rings. The Hall–Kier alpha value is -0.170. The van der Waals surface area contributed by atoms with Gasteiger partial charge in [0.2, 0.25) is 0 Å². The molecule has 0 spiro atoms. The van der Waals surface area contributed by atoms with Crippen molar-refractivity contribution < 1.29 is 25.8 Å². The van der Waals surface area contributed by atoms with E-state index in [1.165, 1.54) is 30.4 Å². The molecule has 0 aromatic heterocycles. The standard InChI is InChI=1S/C13H15.Hf/c1-2-3-6-11-9-10-12-7-4-5-8-13(11)12;/h4-5,7-8,10-11H,2-3,6H2,1H3;/q-1;. The van der Waals surface area contributed by atoms with Crippen molar-refractivity contribution in [1.29, 1.82) is 0 Å². The summed E-state index contributed by atoms with van der Waals surface area (Å²) in [5.74, 6) is 0.566. The Balaban J connectivity index is 0.000000980. The fourth-order valence-corrected chi connectivity index (χ4v) is 1.89. The minimum Gasteiger partial charge on any atom is -0.268 e. The van der Waals surface area contributed by atoms with Crippen molar-refractivity contribution in [3.8, 4) is 0 Å². The van der Waals surface area contributed by atoms with E-state index in [9.17, 15) is 0 Å². The van der Waals surface area contributed by atoms with E-state index < -0.39 is 0 Å². The summed E-state index contributed by atoms with van der Waals surface area (Å²) in [4.78, 5) is 0. The number of hydrogen-bond donors (Lipinski definition) is 0. The van der Waals surface area contributed by atoms with Crippen LogP contribution in [0.4, 0.5) is 0 Å². The molecule has 0 nitrogen and oxygen atoms in total. The Kier molecular flexibility index (Phi) is 4.80. The Morgan fingerprint density at radius 3 is 2.86 bits per heavy atom. The van der Waals surface area contributed by atoms with Gasteiger partial charge in [0, 0.05) is 25.8 Å². The quantitative estimate of drug-likeness (QED) is 0.575. The van der Waals surface area contributed by atoms with Gasteiger partial charge in [0.05, 0.1) is 0 Å². The van der Waals surface area contributed by atoms with Crippen LogP contribution in [0.5, 0.6) is 0 Å². The van der Waals surface area contributed by atoms with Crippen molar-refractivity contribution in [2.24, 2.45) is 0 Å². The van der Waals surface area contributed by atoms with Crippen LogP contribution in [0.15, 0.2) is 24.3 Å². The monoisotopic (exact) mass is 351 g/mol. The van der Waals surface area contributed by atoms with Gasteiger partial charge in [-0.3, -0.25) is 6.08 Å². The summed E-state index contributed by atoms with van der Waals surface area (Å²) in [5.41, 5.74) is 2.83. The zero-order valence-electron chi connectivity index (χ0n) is 8.59. The van der Waals surface area contributed by atoms with Crippen LogP contribution in [0.1, 0.15) is 43.2 Å². The van der Waals surface area contributed by atoms with E-state index in [1.54, 1.807) is 0 Å². The van der Waals surface area contributed by atoms with E-state index in [2.05, 4.69) is 43.3 Å². The third-order valence-corrected chi connectivity index (χ3v) is 2.66. The summed E-state index contributed by atoms with van der Waals surface area (Å²) >= 11 is 0. The summed E-state index contributed by atoms with van der Waals surface area (Å²) < 4.78 is 0. The molecule has 1 unspecified atom stereocenters. The van der Waals surface area contributed by atoms with Gasteiger partial charge in [-0.15, -0.1) is 11.6 Å². The molecule has 0 amide bonds. The van der Waals surface area contributed by atoms with Crippen molar-refractivity contribution in [2.75, 3.05) is 0 Å². The molecular formula is C13H15Hf-. The maximum absolute atomic E-state index is 3.43. The fourth-order valence-electron chi connectivity index (χ4n) is 1.89. The second-order valence-electron chi connectivity index (χ2n) is 3.63. The van der Waals surface area contributed by atoms with E-state index in [1.807, 2.05) is 0 Å². The SMILES string of the molecule is CCCCC1[C-]=Cc2ccccc21.[Hf]. The topological polar surface area (TPSA) is 0 Å². The van der Waals surface area contributed by atoms with Gasteiger partial charge in [0.25, 0.3) is 0 Å². The molecule has 0 fully saturated rings. The van der Waals surface area contributed by atoms with Crippen LogP contribution in [0, 0.1) is 6.08 Å². The molecule has 1 aromatic rings. The molecule has 0 radical (unpaired) electrons. The van der Waals surface area contributed by atoms with Crippen LogP contribution in [0.3, 0.4) is 0 Å². The average Bonchev–Trinajstić information content (AvgIpc) is 2.58. The van der Waals surface area contributed by atoms with Crippen LogP contribution in [-0.2, 0) is 25.8 Å². The molecule has 1 heteroatoms. The minimum atomic E-state index is 0. The second-order valence-corrected chi connectivity index (χ2v) is 3.63. The normalized spacial score (nSPS) is 17.6. The number of benzene rings is 1. The van der Waals surface area contributed by atoms with E-state index in [-0.39, 0.29) is 25.8 Å². The summed E-state index contributed by atoms with van der Waals surface area (Å²) in [5, 5.41) is 0. The Labute approximate surface area is 105 Å². The van der Waals surface area contributed by atoms with Gasteiger partial charge in [-0.1, -0.05) is 50.3 Å². The number of unbranched alkanes of at least 4 members (excludes halogenated alkanes) is 1. The molecule has 1 atom stereocenters. The summed E-state index contributed by atoms with van der Waals surface area (Å²) in [7, 11) is 0. The van der Waals surface area contributed by atoms with Crippen LogP contribution in [-0.4, -0.2) is 0 Å². The van der Waals surface area contributed by atoms with E-state index in [0.29, 0.717) is 5.92 Å². The van der Waals surface area contributed by atoms with Gasteiger partial charge in [0.1, 0.15) is 0 Å².